The van der Waals surface area contributed by atoms with Crippen molar-refractivity contribution >= 4 is 29.4 Å². The number of imide groups is 1. The first-order valence-corrected chi connectivity index (χ1v) is 6.47. The van der Waals surface area contributed by atoms with Gasteiger partial charge >= 0.3 is 6.09 Å². The fourth-order valence-corrected chi connectivity index (χ4v) is 2.01. The molecule has 0 heterocycles. The summed E-state index contributed by atoms with van der Waals surface area (Å²) in [6.07, 6.45) is -0.722. The summed E-state index contributed by atoms with van der Waals surface area (Å²) in [5.41, 5.74) is 7.50. The Morgan fingerprint density at radius 3 is 2.78 bits per heavy atom. The standard InChI is InChI=1S/C12H16N2O3S/c1-3-17-12(16)14-11(15)7-18-10-5-4-8(2)6-9(10)13/h4-6H,3,7,13H2,1-2H3,(H,14,15,16). The van der Waals surface area contributed by atoms with Crippen molar-refractivity contribution in [3.05, 3.63) is 23.8 Å². The second-order valence-electron chi connectivity index (χ2n) is 3.60. The summed E-state index contributed by atoms with van der Waals surface area (Å²) < 4.78 is 4.60. The summed E-state index contributed by atoms with van der Waals surface area (Å²) in [6.45, 7) is 3.85. The van der Waals surface area contributed by atoms with Gasteiger partial charge in [-0.05, 0) is 31.5 Å². The van der Waals surface area contributed by atoms with Gasteiger partial charge in [-0.25, -0.2) is 4.79 Å². The van der Waals surface area contributed by atoms with Crippen molar-refractivity contribution in [3.63, 3.8) is 0 Å². The first-order valence-electron chi connectivity index (χ1n) is 5.48. The molecule has 1 aromatic rings. The molecule has 1 rings (SSSR count). The number of carbonyl (C=O) groups excluding carboxylic acids is 2. The number of aryl methyl sites for hydroxylation is 1. The molecule has 0 radical (unpaired) electrons. The molecule has 18 heavy (non-hydrogen) atoms. The number of alkyl carbamates (subject to hydrolysis) is 1. The summed E-state index contributed by atoms with van der Waals surface area (Å²) >= 11 is 1.28. The average Bonchev–Trinajstić information content (AvgIpc) is 2.28. The number of nitrogens with two attached hydrogens (primary N) is 1. The van der Waals surface area contributed by atoms with E-state index in [2.05, 4.69) is 10.1 Å². The Labute approximate surface area is 110 Å². The smallest absolute Gasteiger partial charge is 0.413 e. The molecule has 3 N–H and O–H groups in total. The molecule has 1 aromatic carbocycles. The lowest BCUT2D eigenvalue weighted by Crippen LogP contribution is -2.32. The molecular formula is C12H16N2O3S. The number of hydrogen-bond acceptors (Lipinski definition) is 5. The van der Waals surface area contributed by atoms with Gasteiger partial charge in [-0.3, -0.25) is 10.1 Å². The molecular weight excluding hydrogens is 252 g/mol. The second-order valence-corrected chi connectivity index (χ2v) is 4.62. The third-order valence-corrected chi connectivity index (χ3v) is 3.13. The zero-order chi connectivity index (χ0) is 13.5. The predicted octanol–water partition coefficient (Wildman–Crippen LogP) is 1.94. The molecule has 2 amide bonds. The van der Waals surface area contributed by atoms with E-state index >= 15 is 0 Å². The van der Waals surface area contributed by atoms with Gasteiger partial charge < -0.3 is 10.5 Å². The lowest BCUT2D eigenvalue weighted by Gasteiger charge is -2.06. The van der Waals surface area contributed by atoms with E-state index in [1.165, 1.54) is 11.8 Å². The van der Waals surface area contributed by atoms with Crippen LogP contribution >= 0.6 is 11.8 Å². The topological polar surface area (TPSA) is 81.4 Å². The van der Waals surface area contributed by atoms with Gasteiger partial charge in [0.15, 0.2) is 0 Å². The number of amides is 2. The van der Waals surface area contributed by atoms with Crippen LogP contribution in [0.15, 0.2) is 23.1 Å². The van der Waals surface area contributed by atoms with Gasteiger partial charge in [0.05, 0.1) is 12.4 Å². The number of thioether (sulfide) groups is 1. The van der Waals surface area contributed by atoms with Crippen LogP contribution in [0.2, 0.25) is 0 Å². The van der Waals surface area contributed by atoms with Crippen LogP contribution in [0.25, 0.3) is 0 Å². The molecule has 0 fully saturated rings. The third kappa shape index (κ3) is 4.67. The summed E-state index contributed by atoms with van der Waals surface area (Å²) in [5, 5.41) is 2.12. The Kier molecular flexibility index (Phi) is 5.51. The fourth-order valence-electron chi connectivity index (χ4n) is 1.26. The van der Waals surface area contributed by atoms with E-state index in [0.717, 1.165) is 10.5 Å². The molecule has 0 unspecified atom stereocenters. The highest BCUT2D eigenvalue weighted by atomic mass is 32.2. The maximum absolute atomic E-state index is 11.4. The van der Waals surface area contributed by atoms with E-state index in [4.69, 9.17) is 5.73 Å². The predicted molar refractivity (Wildman–Crippen MR) is 71.5 cm³/mol. The maximum Gasteiger partial charge on any atom is 0.413 e. The Hall–Kier alpha value is -1.69. The van der Waals surface area contributed by atoms with Crippen molar-refractivity contribution in [2.45, 2.75) is 18.7 Å². The van der Waals surface area contributed by atoms with Crippen molar-refractivity contribution in [2.24, 2.45) is 0 Å². The zero-order valence-electron chi connectivity index (χ0n) is 10.4. The van der Waals surface area contributed by atoms with E-state index in [9.17, 15) is 9.59 Å². The van der Waals surface area contributed by atoms with Crippen molar-refractivity contribution in [2.75, 3.05) is 18.1 Å². The Morgan fingerprint density at radius 2 is 2.17 bits per heavy atom. The molecule has 0 saturated heterocycles. The van der Waals surface area contributed by atoms with Gasteiger partial charge in [0.2, 0.25) is 5.91 Å². The zero-order valence-corrected chi connectivity index (χ0v) is 11.2. The van der Waals surface area contributed by atoms with Gasteiger partial charge in [0.25, 0.3) is 0 Å². The van der Waals surface area contributed by atoms with Crippen LogP contribution in [-0.2, 0) is 9.53 Å². The van der Waals surface area contributed by atoms with Crippen LogP contribution in [0.4, 0.5) is 10.5 Å². The molecule has 5 nitrogen and oxygen atoms in total. The molecule has 0 atom stereocenters. The number of nitrogens with one attached hydrogen (secondary N) is 1. The number of ether oxygens (including phenoxy) is 1. The Balaban J connectivity index is 2.45. The minimum absolute atomic E-state index is 0.117. The molecule has 0 bridgehead atoms. The van der Waals surface area contributed by atoms with E-state index in [-0.39, 0.29) is 12.4 Å². The molecule has 6 heteroatoms. The molecule has 0 spiro atoms. The highest BCUT2D eigenvalue weighted by Gasteiger charge is 2.09. The first kappa shape index (κ1) is 14.4. The van der Waals surface area contributed by atoms with E-state index < -0.39 is 12.0 Å². The molecule has 0 saturated carbocycles. The van der Waals surface area contributed by atoms with Crippen LogP contribution < -0.4 is 11.1 Å². The fraction of sp³-hybridized carbons (Fsp3) is 0.333. The SMILES string of the molecule is CCOC(=O)NC(=O)CSc1ccc(C)cc1N. The van der Waals surface area contributed by atoms with Crippen molar-refractivity contribution in [1.29, 1.82) is 0 Å². The minimum atomic E-state index is -0.722. The normalized spacial score (nSPS) is 9.89. The molecule has 0 aliphatic rings. The van der Waals surface area contributed by atoms with Crippen LogP contribution in [0.3, 0.4) is 0 Å². The van der Waals surface area contributed by atoms with Gasteiger partial charge in [-0.2, -0.15) is 0 Å². The molecule has 0 aliphatic heterocycles. The largest absolute Gasteiger partial charge is 0.450 e. The second kappa shape index (κ2) is 6.90. The highest BCUT2D eigenvalue weighted by molar-refractivity contribution is 8.00. The lowest BCUT2D eigenvalue weighted by atomic mass is 10.2. The maximum atomic E-state index is 11.4. The van der Waals surface area contributed by atoms with Gasteiger partial charge in [0.1, 0.15) is 0 Å². The number of anilines is 1. The van der Waals surface area contributed by atoms with Crippen LogP contribution in [0, 0.1) is 6.92 Å². The van der Waals surface area contributed by atoms with Crippen molar-refractivity contribution < 1.29 is 14.3 Å². The van der Waals surface area contributed by atoms with Gasteiger partial charge in [-0.1, -0.05) is 6.07 Å². The summed E-state index contributed by atoms with van der Waals surface area (Å²) in [5.74, 6) is -0.287. The summed E-state index contributed by atoms with van der Waals surface area (Å²) in [6, 6.07) is 5.61. The molecule has 0 aliphatic carbocycles. The highest BCUT2D eigenvalue weighted by Crippen LogP contribution is 2.25. The van der Waals surface area contributed by atoms with E-state index in [1.54, 1.807) is 6.92 Å². The van der Waals surface area contributed by atoms with Crippen molar-refractivity contribution in [3.8, 4) is 0 Å². The van der Waals surface area contributed by atoms with Gasteiger partial charge in [0, 0.05) is 10.6 Å². The summed E-state index contributed by atoms with van der Waals surface area (Å²) in [4.78, 5) is 23.2. The molecule has 0 aromatic heterocycles. The van der Waals surface area contributed by atoms with E-state index in [1.807, 2.05) is 25.1 Å². The Morgan fingerprint density at radius 1 is 1.44 bits per heavy atom. The summed E-state index contributed by atoms with van der Waals surface area (Å²) in [7, 11) is 0. The van der Waals surface area contributed by atoms with Crippen LogP contribution in [0.5, 0.6) is 0 Å². The number of nitrogen functional groups attached to an aromatic ring is 1. The monoisotopic (exact) mass is 268 g/mol. The average molecular weight is 268 g/mol. The minimum Gasteiger partial charge on any atom is -0.450 e. The number of carbonyl (C=O) groups is 2. The van der Waals surface area contributed by atoms with E-state index in [0.29, 0.717) is 5.69 Å². The van der Waals surface area contributed by atoms with Crippen LogP contribution in [-0.4, -0.2) is 24.4 Å². The molecule has 98 valence electrons. The van der Waals surface area contributed by atoms with Gasteiger partial charge in [-0.15, -0.1) is 11.8 Å². The number of hydrogen-bond donors (Lipinski definition) is 2. The lowest BCUT2D eigenvalue weighted by molar-refractivity contribution is -0.117. The first-order chi connectivity index (χ1) is 8.52. The Bertz CT molecular complexity index is 449. The quantitative estimate of drug-likeness (QED) is 0.644. The third-order valence-electron chi connectivity index (χ3n) is 2.04. The van der Waals surface area contributed by atoms with Crippen LogP contribution in [0.1, 0.15) is 12.5 Å². The number of rotatable bonds is 4. The van der Waals surface area contributed by atoms with Crippen molar-refractivity contribution in [1.82, 2.24) is 5.32 Å². The number of benzene rings is 1.